The second-order valence-electron chi connectivity index (χ2n) is 11.2. The van der Waals surface area contributed by atoms with Crippen LogP contribution in [-0.2, 0) is 15.0 Å². The number of pyridine rings is 1. The summed E-state index contributed by atoms with van der Waals surface area (Å²) in [4.78, 5) is 44.9. The van der Waals surface area contributed by atoms with Gasteiger partial charge in [0.05, 0.1) is 22.7 Å². The first-order chi connectivity index (χ1) is 17.7. The molecule has 8 nitrogen and oxygen atoms in total. The lowest BCUT2D eigenvalue weighted by molar-refractivity contribution is -0.142. The largest absolute Gasteiger partial charge is 0.481 e. The predicted molar refractivity (Wildman–Crippen MR) is 142 cm³/mol. The predicted octanol–water partition coefficient (Wildman–Crippen LogP) is 5.51. The first kappa shape index (κ1) is 27.6. The van der Waals surface area contributed by atoms with Crippen molar-refractivity contribution in [3.8, 4) is 11.3 Å². The fourth-order valence-corrected chi connectivity index (χ4v) is 4.85. The Balaban J connectivity index is 1.66. The number of hydrogen-bond donors (Lipinski definition) is 1. The number of hydrogen-bond acceptors (Lipinski definition) is 5. The van der Waals surface area contributed by atoms with E-state index in [-0.39, 0.29) is 53.9 Å². The van der Waals surface area contributed by atoms with Crippen LogP contribution in [0.25, 0.3) is 22.4 Å². The molecule has 202 valence electrons. The van der Waals surface area contributed by atoms with Crippen LogP contribution in [0.1, 0.15) is 63.6 Å². The standard InChI is InChI=1S/C28H31ClFN3O5/c1-27(2,3)17-13-20(16-6-7-18(29)19(30)12-16)31-21-14-22(38-25(17)21)26(37)33-11-10-32(15-28(33,4)5)23(34)8-9-24(35)36/h6-7,12-14H,8-11,15H2,1-5H3,(H,35,36). The molecule has 2 amide bonds. The maximum absolute atomic E-state index is 14.2. The molecule has 0 unspecified atom stereocenters. The van der Waals surface area contributed by atoms with Gasteiger partial charge in [-0.25, -0.2) is 9.37 Å². The molecule has 0 spiro atoms. The molecule has 38 heavy (non-hydrogen) atoms. The minimum atomic E-state index is -1.02. The number of piperazine rings is 1. The van der Waals surface area contributed by atoms with Gasteiger partial charge in [0.15, 0.2) is 11.3 Å². The van der Waals surface area contributed by atoms with Gasteiger partial charge in [-0.05, 0) is 37.5 Å². The molecule has 2 aromatic heterocycles. The molecular weight excluding hydrogens is 513 g/mol. The lowest BCUT2D eigenvalue weighted by atomic mass is 9.86. The summed E-state index contributed by atoms with van der Waals surface area (Å²) in [6, 6.07) is 7.94. The second-order valence-corrected chi connectivity index (χ2v) is 11.6. The number of carboxylic acid groups (broad SMARTS) is 1. The van der Waals surface area contributed by atoms with Gasteiger partial charge in [0.2, 0.25) is 5.91 Å². The molecule has 3 aromatic rings. The number of carboxylic acids is 1. The minimum absolute atomic E-state index is 0.0216. The topological polar surface area (TPSA) is 104 Å². The highest BCUT2D eigenvalue weighted by molar-refractivity contribution is 6.30. The molecular formula is C28H31ClFN3O5. The van der Waals surface area contributed by atoms with E-state index in [1.165, 1.54) is 12.1 Å². The zero-order valence-corrected chi connectivity index (χ0v) is 22.9. The molecule has 1 saturated heterocycles. The zero-order chi connectivity index (χ0) is 28.0. The monoisotopic (exact) mass is 543 g/mol. The van der Waals surface area contributed by atoms with E-state index in [1.807, 2.05) is 40.7 Å². The van der Waals surface area contributed by atoms with Crippen LogP contribution in [0.15, 0.2) is 34.7 Å². The van der Waals surface area contributed by atoms with Crippen molar-refractivity contribution in [1.82, 2.24) is 14.8 Å². The number of rotatable bonds is 5. The molecule has 3 heterocycles. The number of nitrogens with zero attached hydrogens (tertiary/aromatic N) is 3. The Labute approximate surface area is 225 Å². The van der Waals surface area contributed by atoms with Crippen LogP contribution in [-0.4, -0.2) is 62.8 Å². The molecule has 4 rings (SSSR count). The average Bonchev–Trinajstić information content (AvgIpc) is 3.26. The zero-order valence-electron chi connectivity index (χ0n) is 22.1. The highest BCUT2D eigenvalue weighted by Gasteiger charge is 2.40. The molecule has 1 aliphatic rings. The lowest BCUT2D eigenvalue weighted by Crippen LogP contribution is -2.62. The second kappa shape index (κ2) is 10.0. The number of amides is 2. The van der Waals surface area contributed by atoms with Crippen LogP contribution < -0.4 is 0 Å². The van der Waals surface area contributed by atoms with Crippen LogP contribution in [0.2, 0.25) is 5.02 Å². The summed E-state index contributed by atoms with van der Waals surface area (Å²) in [5.74, 6) is -2.03. The average molecular weight is 544 g/mol. The molecule has 0 saturated carbocycles. The Bertz CT molecular complexity index is 1430. The molecule has 1 fully saturated rings. The highest BCUT2D eigenvalue weighted by Crippen LogP contribution is 2.36. The van der Waals surface area contributed by atoms with Crippen LogP contribution >= 0.6 is 11.6 Å². The number of carbonyl (C=O) groups is 3. The number of furan rings is 1. The summed E-state index contributed by atoms with van der Waals surface area (Å²) >= 11 is 5.86. The van der Waals surface area contributed by atoms with Crippen LogP contribution in [0.3, 0.4) is 0 Å². The molecule has 0 aliphatic carbocycles. The van der Waals surface area contributed by atoms with Crippen LogP contribution in [0, 0.1) is 5.82 Å². The number of aliphatic carboxylic acids is 1. The van der Waals surface area contributed by atoms with Gasteiger partial charge in [-0.2, -0.15) is 0 Å². The van der Waals surface area contributed by atoms with Crippen LogP contribution in [0.5, 0.6) is 0 Å². The molecule has 1 N–H and O–H groups in total. The summed E-state index contributed by atoms with van der Waals surface area (Å²) in [6.07, 6.45) is -0.310. The Morgan fingerprint density at radius 1 is 1.13 bits per heavy atom. The third-order valence-corrected chi connectivity index (χ3v) is 7.07. The van der Waals surface area contributed by atoms with E-state index in [2.05, 4.69) is 4.98 Å². The first-order valence-corrected chi connectivity index (χ1v) is 12.8. The van der Waals surface area contributed by atoms with E-state index in [9.17, 15) is 18.8 Å². The molecule has 1 aliphatic heterocycles. The van der Waals surface area contributed by atoms with Gasteiger partial charge in [-0.1, -0.05) is 38.4 Å². The van der Waals surface area contributed by atoms with E-state index >= 15 is 0 Å². The van der Waals surface area contributed by atoms with E-state index in [0.29, 0.717) is 28.9 Å². The number of carbonyl (C=O) groups excluding carboxylic acids is 2. The van der Waals surface area contributed by atoms with Crippen molar-refractivity contribution in [3.63, 3.8) is 0 Å². The van der Waals surface area contributed by atoms with Gasteiger partial charge < -0.3 is 19.3 Å². The minimum Gasteiger partial charge on any atom is -0.481 e. The van der Waals surface area contributed by atoms with Crippen molar-refractivity contribution in [2.75, 3.05) is 19.6 Å². The fraction of sp³-hybridized carbons (Fsp3) is 0.429. The summed E-state index contributed by atoms with van der Waals surface area (Å²) < 4.78 is 20.3. The third kappa shape index (κ3) is 5.53. The third-order valence-electron chi connectivity index (χ3n) is 6.77. The Morgan fingerprint density at radius 3 is 2.45 bits per heavy atom. The van der Waals surface area contributed by atoms with Crippen molar-refractivity contribution in [2.45, 2.75) is 58.4 Å². The lowest BCUT2D eigenvalue weighted by Gasteiger charge is -2.46. The summed E-state index contributed by atoms with van der Waals surface area (Å²) in [5.41, 5.74) is 1.80. The molecule has 0 atom stereocenters. The normalized spacial score (nSPS) is 15.7. The van der Waals surface area contributed by atoms with Gasteiger partial charge >= 0.3 is 5.97 Å². The van der Waals surface area contributed by atoms with E-state index in [4.69, 9.17) is 21.1 Å². The SMILES string of the molecule is CC(C)(C)c1cc(-c2ccc(Cl)c(F)c2)nc2cc(C(=O)N3CCN(C(=O)CCC(=O)O)CC3(C)C)oc12. The number of halogens is 2. The van der Waals surface area contributed by atoms with Crippen molar-refractivity contribution < 1.29 is 28.3 Å². The Morgan fingerprint density at radius 2 is 1.84 bits per heavy atom. The van der Waals surface area contributed by atoms with E-state index < -0.39 is 17.3 Å². The van der Waals surface area contributed by atoms with E-state index in [0.717, 1.165) is 5.56 Å². The number of fused-ring (bicyclic) bond motifs is 1. The van der Waals surface area contributed by atoms with E-state index in [1.54, 1.807) is 21.9 Å². The van der Waals surface area contributed by atoms with Gasteiger partial charge in [0, 0.05) is 43.2 Å². The number of benzene rings is 1. The smallest absolute Gasteiger partial charge is 0.303 e. The van der Waals surface area contributed by atoms with Crippen molar-refractivity contribution in [3.05, 3.63) is 52.5 Å². The van der Waals surface area contributed by atoms with Crippen molar-refractivity contribution in [1.29, 1.82) is 0 Å². The quantitative estimate of drug-likeness (QED) is 0.455. The van der Waals surface area contributed by atoms with Crippen LogP contribution in [0.4, 0.5) is 4.39 Å². The maximum Gasteiger partial charge on any atom is 0.303 e. The van der Waals surface area contributed by atoms with Crippen molar-refractivity contribution in [2.24, 2.45) is 0 Å². The van der Waals surface area contributed by atoms with Gasteiger partial charge in [-0.3, -0.25) is 14.4 Å². The van der Waals surface area contributed by atoms with Crippen molar-refractivity contribution >= 4 is 40.5 Å². The molecule has 10 heteroatoms. The Hall–Kier alpha value is -3.46. The summed E-state index contributed by atoms with van der Waals surface area (Å²) in [7, 11) is 0. The molecule has 1 aromatic carbocycles. The Kier molecular flexibility index (Phi) is 7.27. The van der Waals surface area contributed by atoms with Gasteiger partial charge in [-0.15, -0.1) is 0 Å². The first-order valence-electron chi connectivity index (χ1n) is 12.4. The molecule has 0 radical (unpaired) electrons. The fourth-order valence-electron chi connectivity index (χ4n) is 4.74. The van der Waals surface area contributed by atoms with Gasteiger partial charge in [0.1, 0.15) is 11.3 Å². The van der Waals surface area contributed by atoms with Gasteiger partial charge in [0.25, 0.3) is 5.91 Å². The summed E-state index contributed by atoms with van der Waals surface area (Å²) in [5, 5.41) is 8.90. The number of aromatic nitrogens is 1. The maximum atomic E-state index is 14.2. The summed E-state index contributed by atoms with van der Waals surface area (Å²) in [6.45, 7) is 10.6. The molecule has 0 bridgehead atoms. The highest BCUT2D eigenvalue weighted by atomic mass is 35.5.